The first-order valence-corrected chi connectivity index (χ1v) is 7.85. The highest BCUT2D eigenvalue weighted by Gasteiger charge is 2.29. The summed E-state index contributed by atoms with van der Waals surface area (Å²) in [5, 5.41) is 10.7. The number of carbonyl (C=O) groups is 3. The van der Waals surface area contributed by atoms with E-state index < -0.39 is 11.8 Å². The maximum absolute atomic E-state index is 12.0. The second-order valence-corrected chi connectivity index (χ2v) is 5.68. The molecule has 0 bridgehead atoms. The summed E-state index contributed by atoms with van der Waals surface area (Å²) in [6.45, 7) is 2.65. The minimum atomic E-state index is -0.915. The number of carbonyl (C=O) groups excluding carboxylic acids is 3. The molecule has 0 aromatic heterocycles. The average Bonchev–Trinajstić information content (AvgIpc) is 3.10. The van der Waals surface area contributed by atoms with Gasteiger partial charge in [0.2, 0.25) is 11.5 Å². The van der Waals surface area contributed by atoms with Gasteiger partial charge in [0.25, 0.3) is 0 Å². The van der Waals surface area contributed by atoms with Gasteiger partial charge in [-0.15, -0.1) is 10.2 Å². The Hall–Kier alpha value is -3.69. The molecule has 0 aliphatic carbocycles. The van der Waals surface area contributed by atoms with Gasteiger partial charge in [-0.05, 0) is 37.3 Å². The van der Waals surface area contributed by atoms with Crippen LogP contribution in [0.3, 0.4) is 0 Å². The van der Waals surface area contributed by atoms with Crippen LogP contribution in [0, 0.1) is 5.92 Å². The molecule has 0 spiro atoms. The lowest BCUT2D eigenvalue weighted by molar-refractivity contribution is -0.127. The van der Waals surface area contributed by atoms with E-state index in [2.05, 4.69) is 30.4 Å². The number of aliphatic imine (C=N–C) groups is 3. The van der Waals surface area contributed by atoms with Crippen LogP contribution in [0.4, 0.5) is 5.69 Å². The van der Waals surface area contributed by atoms with Crippen molar-refractivity contribution < 1.29 is 19.1 Å². The molecule has 27 heavy (non-hydrogen) atoms. The lowest BCUT2D eigenvalue weighted by Crippen LogP contribution is -2.26. The standard InChI is InChI=1S/C17H14N6O4/c1-8(24)12(9(2)25)7-18-10-4-5-13(27-3)11(6-10)15-19-16-14(17(26)20-15)21-23-22-16/h4-7,12H,1-3H3. The summed E-state index contributed by atoms with van der Waals surface area (Å²) < 4.78 is 5.30. The van der Waals surface area contributed by atoms with Crippen LogP contribution in [0.25, 0.3) is 0 Å². The third-order valence-electron chi connectivity index (χ3n) is 3.79. The summed E-state index contributed by atoms with van der Waals surface area (Å²) in [7, 11) is 1.46. The summed E-state index contributed by atoms with van der Waals surface area (Å²) in [6, 6.07) is 4.83. The van der Waals surface area contributed by atoms with E-state index in [1.54, 1.807) is 18.2 Å². The summed E-state index contributed by atoms with van der Waals surface area (Å²) in [6.07, 6.45) is 1.28. The molecule has 2 aliphatic heterocycles. The number of methoxy groups -OCH3 is 1. The van der Waals surface area contributed by atoms with Gasteiger partial charge in [-0.25, -0.2) is 4.99 Å². The van der Waals surface area contributed by atoms with Crippen LogP contribution in [0.5, 0.6) is 5.75 Å². The summed E-state index contributed by atoms with van der Waals surface area (Å²) in [5.41, 5.74) is 0.815. The van der Waals surface area contributed by atoms with Crippen LogP contribution in [-0.2, 0) is 14.4 Å². The fourth-order valence-electron chi connectivity index (χ4n) is 2.42. The Kier molecular flexibility index (Phi) is 4.88. The molecular weight excluding hydrogens is 352 g/mol. The molecule has 0 fully saturated rings. The summed E-state index contributed by atoms with van der Waals surface area (Å²) >= 11 is 0. The van der Waals surface area contributed by atoms with E-state index in [0.717, 1.165) is 0 Å². The average molecular weight is 366 g/mol. The molecule has 0 atom stereocenters. The zero-order valence-corrected chi connectivity index (χ0v) is 14.7. The Morgan fingerprint density at radius 3 is 2.56 bits per heavy atom. The van der Waals surface area contributed by atoms with Crippen molar-refractivity contribution in [1.82, 2.24) is 0 Å². The lowest BCUT2D eigenvalue weighted by atomic mass is 10.0. The fraction of sp³-hybridized carbons (Fsp3) is 0.235. The minimum Gasteiger partial charge on any atom is -0.496 e. The Labute approximate surface area is 153 Å². The molecule has 0 N–H and O–H groups in total. The first-order valence-electron chi connectivity index (χ1n) is 7.85. The highest BCUT2D eigenvalue weighted by molar-refractivity contribution is 6.69. The second-order valence-electron chi connectivity index (χ2n) is 5.68. The van der Waals surface area contributed by atoms with Crippen molar-refractivity contribution in [2.24, 2.45) is 36.3 Å². The summed E-state index contributed by atoms with van der Waals surface area (Å²) in [4.78, 5) is 47.4. The number of rotatable bonds is 6. The fourth-order valence-corrected chi connectivity index (χ4v) is 2.42. The molecule has 1 amide bonds. The largest absolute Gasteiger partial charge is 0.496 e. The van der Waals surface area contributed by atoms with E-state index in [-0.39, 0.29) is 28.9 Å². The number of ketones is 2. The van der Waals surface area contributed by atoms with Crippen LogP contribution < -0.4 is 4.74 Å². The number of amides is 1. The van der Waals surface area contributed by atoms with E-state index in [0.29, 0.717) is 17.0 Å². The zero-order valence-electron chi connectivity index (χ0n) is 14.7. The summed E-state index contributed by atoms with van der Waals surface area (Å²) in [5.74, 6) is -1.55. The van der Waals surface area contributed by atoms with E-state index in [9.17, 15) is 14.4 Å². The number of hydrogen-bond donors (Lipinski definition) is 0. The van der Waals surface area contributed by atoms with Crippen molar-refractivity contribution >= 4 is 46.8 Å². The second kappa shape index (κ2) is 7.28. The maximum Gasteiger partial charge on any atom is 0.303 e. The predicted molar refractivity (Wildman–Crippen MR) is 97.3 cm³/mol. The molecule has 0 saturated heterocycles. The van der Waals surface area contributed by atoms with Crippen LogP contribution >= 0.6 is 0 Å². The first kappa shape index (κ1) is 18.1. The van der Waals surface area contributed by atoms with Crippen LogP contribution in [0.15, 0.2) is 48.6 Å². The predicted octanol–water partition coefficient (Wildman–Crippen LogP) is 1.70. The Balaban J connectivity index is 1.99. The lowest BCUT2D eigenvalue weighted by Gasteiger charge is -2.11. The van der Waals surface area contributed by atoms with Crippen molar-refractivity contribution in [3.8, 4) is 5.75 Å². The molecule has 10 nitrogen and oxygen atoms in total. The van der Waals surface area contributed by atoms with Gasteiger partial charge in [-0.3, -0.25) is 19.4 Å². The third-order valence-corrected chi connectivity index (χ3v) is 3.79. The Morgan fingerprint density at radius 1 is 1.15 bits per heavy atom. The third kappa shape index (κ3) is 3.64. The molecule has 0 radical (unpaired) electrons. The minimum absolute atomic E-state index is 0.0161. The quantitative estimate of drug-likeness (QED) is 0.559. The van der Waals surface area contributed by atoms with E-state index in [1.807, 2.05) is 0 Å². The number of Topliss-reactive ketones (excluding diaryl/α,β-unsaturated/α-hetero) is 2. The van der Waals surface area contributed by atoms with Gasteiger partial charge in [0.15, 0.2) is 5.84 Å². The van der Waals surface area contributed by atoms with Crippen LogP contribution in [-0.4, -0.2) is 48.2 Å². The molecule has 10 heteroatoms. The molecular formula is C17H14N6O4. The van der Waals surface area contributed by atoms with Crippen molar-refractivity contribution in [2.75, 3.05) is 7.11 Å². The molecule has 2 heterocycles. The van der Waals surface area contributed by atoms with Gasteiger partial charge in [0, 0.05) is 6.21 Å². The van der Waals surface area contributed by atoms with Gasteiger partial charge in [-0.1, -0.05) is 0 Å². The smallest absolute Gasteiger partial charge is 0.303 e. The van der Waals surface area contributed by atoms with E-state index >= 15 is 0 Å². The Morgan fingerprint density at radius 2 is 1.89 bits per heavy atom. The molecule has 0 unspecified atom stereocenters. The highest BCUT2D eigenvalue weighted by Crippen LogP contribution is 2.27. The molecule has 1 aromatic rings. The first-order chi connectivity index (χ1) is 12.9. The highest BCUT2D eigenvalue weighted by atomic mass is 16.5. The number of amidine groups is 2. The van der Waals surface area contributed by atoms with Gasteiger partial charge in [-0.2, -0.15) is 4.99 Å². The van der Waals surface area contributed by atoms with Crippen LogP contribution in [0.1, 0.15) is 19.4 Å². The van der Waals surface area contributed by atoms with Crippen molar-refractivity contribution in [1.29, 1.82) is 0 Å². The van der Waals surface area contributed by atoms with Gasteiger partial charge >= 0.3 is 5.91 Å². The molecule has 3 rings (SSSR count). The monoisotopic (exact) mass is 366 g/mol. The number of benzene rings is 1. The van der Waals surface area contributed by atoms with Gasteiger partial charge < -0.3 is 4.74 Å². The topological polar surface area (TPSA) is 135 Å². The van der Waals surface area contributed by atoms with Crippen molar-refractivity contribution in [2.45, 2.75) is 13.8 Å². The van der Waals surface area contributed by atoms with E-state index in [1.165, 1.54) is 27.2 Å². The molecule has 2 aliphatic rings. The zero-order chi connectivity index (χ0) is 19.6. The van der Waals surface area contributed by atoms with E-state index in [4.69, 9.17) is 4.74 Å². The number of nitrogens with zero attached hydrogens (tertiary/aromatic N) is 6. The van der Waals surface area contributed by atoms with Crippen LogP contribution in [0.2, 0.25) is 0 Å². The number of fused-ring (bicyclic) bond motifs is 1. The van der Waals surface area contributed by atoms with Crippen molar-refractivity contribution in [3.05, 3.63) is 23.8 Å². The molecule has 136 valence electrons. The Bertz CT molecular complexity index is 989. The number of hydrogen-bond acceptors (Lipinski definition) is 9. The van der Waals surface area contributed by atoms with Gasteiger partial charge in [0.1, 0.15) is 23.2 Å². The molecule has 1 aromatic carbocycles. The molecule has 0 saturated carbocycles. The SMILES string of the molecule is COc1ccc(N=CC(C(C)=O)C(C)=O)cc1C1=NC(=O)C2=NN=NC2=N1. The number of ether oxygens (including phenoxy) is 1. The normalized spacial score (nSPS) is 15.6. The van der Waals surface area contributed by atoms with Crippen molar-refractivity contribution in [3.63, 3.8) is 0 Å². The maximum atomic E-state index is 12.0. The van der Waals surface area contributed by atoms with Gasteiger partial charge in [0.05, 0.1) is 18.4 Å².